The summed E-state index contributed by atoms with van der Waals surface area (Å²) < 4.78 is 0. The number of aliphatic hydroxyl groups excluding tert-OH is 6. The van der Waals surface area contributed by atoms with Gasteiger partial charge in [-0.3, -0.25) is 0 Å². The van der Waals surface area contributed by atoms with Gasteiger partial charge in [0.05, 0.1) is 13.2 Å². The number of hydrogen-bond acceptors (Lipinski definition) is 7. The summed E-state index contributed by atoms with van der Waals surface area (Å²) in [5.41, 5.74) is 0. The molecule has 0 amide bonds. The lowest BCUT2D eigenvalue weighted by molar-refractivity contribution is -0.145. The molecule has 16 heavy (non-hydrogen) atoms. The molecule has 0 fully saturated rings. The van der Waals surface area contributed by atoms with E-state index in [-0.39, 0.29) is 0 Å². The van der Waals surface area contributed by atoms with Gasteiger partial charge in [-0.05, 0) is 6.92 Å². The first-order valence-corrected chi connectivity index (χ1v) is 4.44. The zero-order valence-corrected chi connectivity index (χ0v) is 8.76. The highest BCUT2D eigenvalue weighted by molar-refractivity contribution is 5.71. The minimum atomic E-state index is -1.49. The van der Waals surface area contributed by atoms with E-state index in [9.17, 15) is 4.79 Å². The fourth-order valence-corrected chi connectivity index (χ4v) is 0.472. The Hall–Kier alpha value is -0.770. The molecule has 3 atom stereocenters. The van der Waals surface area contributed by atoms with Crippen LogP contribution >= 0.6 is 0 Å². The second-order valence-corrected chi connectivity index (χ2v) is 3.00. The van der Waals surface area contributed by atoms with Crippen molar-refractivity contribution in [2.45, 2.75) is 31.3 Å². The van der Waals surface area contributed by atoms with Crippen LogP contribution in [0.1, 0.15) is 6.92 Å². The van der Waals surface area contributed by atoms with Gasteiger partial charge in [-0.15, -0.1) is 0 Å². The van der Waals surface area contributed by atoms with Gasteiger partial charge in [0.2, 0.25) is 0 Å². The van der Waals surface area contributed by atoms with Crippen molar-refractivity contribution >= 4 is 5.97 Å². The fraction of sp³-hybridized carbons (Fsp3) is 0.875. The Kier molecular flexibility index (Phi) is 10.4. The van der Waals surface area contributed by atoms with E-state index >= 15 is 0 Å². The van der Waals surface area contributed by atoms with E-state index in [0.717, 1.165) is 0 Å². The smallest absolute Gasteiger partial charge is 0.332 e. The van der Waals surface area contributed by atoms with Gasteiger partial charge in [-0.2, -0.15) is 0 Å². The number of carboxylic acids is 1. The molecule has 7 N–H and O–H groups in total. The molecule has 0 saturated carbocycles. The van der Waals surface area contributed by atoms with Crippen molar-refractivity contribution in [1.29, 1.82) is 0 Å². The van der Waals surface area contributed by atoms with Crippen LogP contribution in [0, 0.1) is 0 Å². The van der Waals surface area contributed by atoms with Crippen molar-refractivity contribution in [3.05, 3.63) is 0 Å². The van der Waals surface area contributed by atoms with E-state index in [0.29, 0.717) is 0 Å². The summed E-state index contributed by atoms with van der Waals surface area (Å²) in [4.78, 5) is 9.45. The molecule has 0 aromatic carbocycles. The molecule has 0 heterocycles. The summed E-state index contributed by atoms with van der Waals surface area (Å²) >= 11 is 0. The summed E-state index contributed by atoms with van der Waals surface area (Å²) in [5, 5.41) is 58.3. The Morgan fingerprint density at radius 1 is 1.00 bits per heavy atom. The molecule has 3 unspecified atom stereocenters. The van der Waals surface area contributed by atoms with Crippen molar-refractivity contribution in [2.75, 3.05) is 13.2 Å². The average molecular weight is 242 g/mol. The number of aliphatic hydroxyl groups is 6. The third kappa shape index (κ3) is 8.53. The number of rotatable bonds is 5. The van der Waals surface area contributed by atoms with Crippen molar-refractivity contribution in [3.8, 4) is 0 Å². The third-order valence-corrected chi connectivity index (χ3v) is 1.52. The van der Waals surface area contributed by atoms with Gasteiger partial charge in [-0.1, -0.05) is 0 Å². The zero-order valence-electron chi connectivity index (χ0n) is 8.76. The molecule has 0 aromatic rings. The Morgan fingerprint density at radius 3 is 1.38 bits per heavy atom. The Balaban J connectivity index is 0. The van der Waals surface area contributed by atoms with Gasteiger partial charge in [0.25, 0.3) is 0 Å². The molecule has 98 valence electrons. The first-order valence-electron chi connectivity index (χ1n) is 4.44. The van der Waals surface area contributed by atoms with E-state index in [1.807, 2.05) is 0 Å². The summed E-state index contributed by atoms with van der Waals surface area (Å²) in [6, 6.07) is 0. The van der Waals surface area contributed by atoms with E-state index in [1.54, 1.807) is 0 Å². The van der Waals surface area contributed by atoms with Crippen molar-refractivity contribution in [2.24, 2.45) is 0 Å². The zero-order chi connectivity index (χ0) is 13.3. The molecule has 0 bridgehead atoms. The number of hydrogen-bond donors (Lipinski definition) is 7. The lowest BCUT2D eigenvalue weighted by atomic mass is 10.1. The van der Waals surface area contributed by atoms with Gasteiger partial charge >= 0.3 is 5.97 Å². The molecule has 0 aliphatic heterocycles. The predicted molar refractivity (Wildman–Crippen MR) is 51.5 cm³/mol. The first-order chi connectivity index (χ1) is 7.27. The summed E-state index contributed by atoms with van der Waals surface area (Å²) in [5.74, 6) is -1.19. The van der Waals surface area contributed by atoms with Gasteiger partial charge in [0, 0.05) is 0 Å². The molecule has 8 heteroatoms. The predicted octanol–water partition coefficient (Wildman–Crippen LogP) is -3.49. The van der Waals surface area contributed by atoms with Crippen molar-refractivity contribution in [1.82, 2.24) is 0 Å². The molecular formula is C8H18O8. The minimum Gasteiger partial charge on any atom is -0.479 e. The summed E-state index contributed by atoms with van der Waals surface area (Å²) in [6.45, 7) is -0.0845. The van der Waals surface area contributed by atoms with Gasteiger partial charge in [-0.25, -0.2) is 4.79 Å². The molecule has 0 rings (SSSR count). The lowest BCUT2D eigenvalue weighted by Crippen LogP contribution is -2.41. The Morgan fingerprint density at radius 2 is 1.25 bits per heavy atom. The molecule has 0 spiro atoms. The van der Waals surface area contributed by atoms with E-state index in [2.05, 4.69) is 0 Å². The van der Waals surface area contributed by atoms with Crippen LogP contribution in [0.25, 0.3) is 0 Å². The number of aliphatic carboxylic acids is 1. The second kappa shape index (κ2) is 9.46. The molecular weight excluding hydrogens is 224 g/mol. The van der Waals surface area contributed by atoms with E-state index in [4.69, 9.17) is 35.7 Å². The first kappa shape index (κ1) is 17.6. The highest BCUT2D eigenvalue weighted by atomic mass is 16.4. The van der Waals surface area contributed by atoms with Crippen molar-refractivity contribution in [3.63, 3.8) is 0 Å². The van der Waals surface area contributed by atoms with Crippen LogP contribution in [0.5, 0.6) is 0 Å². The fourth-order valence-electron chi connectivity index (χ4n) is 0.472. The molecule has 0 aromatic heterocycles. The average Bonchev–Trinajstić information content (AvgIpc) is 2.26. The molecule has 0 aliphatic carbocycles. The largest absolute Gasteiger partial charge is 0.479 e. The maximum Gasteiger partial charge on any atom is 0.332 e. The van der Waals surface area contributed by atoms with Gasteiger partial charge < -0.3 is 35.7 Å². The van der Waals surface area contributed by atoms with E-state index in [1.165, 1.54) is 6.92 Å². The standard InChI is InChI=1S/C5H12O5.C3H6O3/c6-1-3(8)5(10)4(9)2-7;1-2(4)3(5)6/h3-10H,1-2H2;2,4H,1H3,(H,5,6). The monoisotopic (exact) mass is 242 g/mol. The molecule has 0 radical (unpaired) electrons. The summed E-state index contributed by atoms with van der Waals surface area (Å²) in [6.07, 6.45) is -5.52. The van der Waals surface area contributed by atoms with Crippen molar-refractivity contribution < 1.29 is 40.5 Å². The highest BCUT2D eigenvalue weighted by Crippen LogP contribution is 1.97. The van der Waals surface area contributed by atoms with E-state index < -0.39 is 43.6 Å². The van der Waals surface area contributed by atoms with Crippen LogP contribution in [0.4, 0.5) is 0 Å². The highest BCUT2D eigenvalue weighted by Gasteiger charge is 2.22. The quantitative estimate of drug-likeness (QED) is 0.261. The molecule has 0 aliphatic rings. The topological polar surface area (TPSA) is 159 Å². The lowest BCUT2D eigenvalue weighted by Gasteiger charge is -2.19. The van der Waals surface area contributed by atoms with Crippen LogP contribution in [-0.2, 0) is 4.79 Å². The van der Waals surface area contributed by atoms with Crippen LogP contribution in [0.2, 0.25) is 0 Å². The maximum absolute atomic E-state index is 9.45. The number of carbonyl (C=O) groups is 1. The normalized spacial score (nSPS) is 17.7. The van der Waals surface area contributed by atoms with Crippen LogP contribution in [0.3, 0.4) is 0 Å². The van der Waals surface area contributed by atoms with Crippen LogP contribution < -0.4 is 0 Å². The second-order valence-electron chi connectivity index (χ2n) is 3.00. The summed E-state index contributed by atoms with van der Waals surface area (Å²) in [7, 11) is 0. The Labute approximate surface area is 92.0 Å². The Bertz CT molecular complexity index is 173. The molecule has 8 nitrogen and oxygen atoms in total. The number of carboxylic acid groups (broad SMARTS) is 1. The molecule has 0 saturated heterocycles. The third-order valence-electron chi connectivity index (χ3n) is 1.52. The SMILES string of the molecule is CC(O)C(=O)O.OCC(O)C(O)C(O)CO. The maximum atomic E-state index is 9.45. The van der Waals surface area contributed by atoms with Crippen LogP contribution in [-0.4, -0.2) is 79.3 Å². The van der Waals surface area contributed by atoms with Crippen LogP contribution in [0.15, 0.2) is 0 Å². The minimum absolute atomic E-state index is 0.641. The van der Waals surface area contributed by atoms with Gasteiger partial charge in [0.15, 0.2) is 0 Å². The van der Waals surface area contributed by atoms with Gasteiger partial charge in [0.1, 0.15) is 24.4 Å².